The molecule has 1 amide bonds. The fourth-order valence-corrected chi connectivity index (χ4v) is 6.10. The normalized spacial score (nSPS) is 20.7. The fraction of sp³-hybridized carbons (Fsp3) is 0.458. The molecule has 4 heterocycles. The predicted molar refractivity (Wildman–Crippen MR) is 122 cm³/mol. The van der Waals surface area contributed by atoms with Crippen LogP contribution in [0.5, 0.6) is 0 Å². The number of carbonyl (C=O) groups excluding carboxylic acids is 1. The first-order chi connectivity index (χ1) is 16.1. The summed E-state index contributed by atoms with van der Waals surface area (Å²) in [4.78, 5) is 34.5. The first-order valence-electron chi connectivity index (χ1n) is 11.3. The van der Waals surface area contributed by atoms with Crippen molar-refractivity contribution in [1.29, 1.82) is 0 Å². The molecular weight excluding hydrogens is 465 g/mol. The molecule has 5 rings (SSSR count). The Bertz CT molecular complexity index is 1310. The first-order valence-corrected chi connectivity index (χ1v) is 12.2. The lowest BCUT2D eigenvalue weighted by atomic mass is 9.88. The Morgan fingerprint density at radius 1 is 1.21 bits per heavy atom. The Morgan fingerprint density at radius 2 is 2.00 bits per heavy atom. The number of nitrogens with zero attached hydrogens (tertiary/aromatic N) is 4. The molecule has 0 saturated carbocycles. The molecule has 34 heavy (non-hydrogen) atoms. The van der Waals surface area contributed by atoms with Gasteiger partial charge in [0.05, 0.1) is 24.5 Å². The summed E-state index contributed by atoms with van der Waals surface area (Å²) in [7, 11) is 0. The molecule has 10 heteroatoms. The average Bonchev–Trinajstić information content (AvgIpc) is 3.37. The van der Waals surface area contributed by atoms with Gasteiger partial charge >= 0.3 is 6.18 Å². The fourth-order valence-electron chi connectivity index (χ4n) is 4.88. The van der Waals surface area contributed by atoms with Gasteiger partial charge in [-0.2, -0.15) is 13.2 Å². The van der Waals surface area contributed by atoms with E-state index in [0.717, 1.165) is 21.0 Å². The number of hydrogen-bond acceptors (Lipinski definition) is 4. The molecule has 0 aromatic carbocycles. The second kappa shape index (κ2) is 8.41. The number of imidazole rings is 1. The highest BCUT2D eigenvalue weighted by atomic mass is 32.1. The maximum absolute atomic E-state index is 13.5. The molecule has 1 aliphatic heterocycles. The lowest BCUT2D eigenvalue weighted by Gasteiger charge is -2.26. The Labute approximate surface area is 198 Å². The van der Waals surface area contributed by atoms with Crippen LogP contribution < -0.4 is 5.56 Å². The van der Waals surface area contributed by atoms with Crippen molar-refractivity contribution in [3.63, 3.8) is 0 Å². The second-order valence-electron chi connectivity index (χ2n) is 9.20. The second-order valence-corrected chi connectivity index (χ2v) is 10.4. The third kappa shape index (κ3) is 4.08. The van der Waals surface area contributed by atoms with Crippen LogP contribution in [-0.2, 0) is 25.9 Å². The number of fused-ring (bicyclic) bond motifs is 2. The van der Waals surface area contributed by atoms with Gasteiger partial charge in [-0.15, -0.1) is 11.3 Å². The van der Waals surface area contributed by atoms with Crippen molar-refractivity contribution in [2.45, 2.75) is 64.8 Å². The average molecular weight is 491 g/mol. The Balaban J connectivity index is 1.42. The highest BCUT2D eigenvalue weighted by molar-refractivity contribution is 7.12. The molecule has 2 unspecified atom stereocenters. The van der Waals surface area contributed by atoms with Gasteiger partial charge in [0.2, 0.25) is 0 Å². The van der Waals surface area contributed by atoms with Crippen LogP contribution in [0.1, 0.15) is 51.3 Å². The van der Waals surface area contributed by atoms with E-state index >= 15 is 0 Å². The molecule has 2 aliphatic rings. The molecule has 1 aliphatic carbocycles. The standard InChI is InChI=1S/C24H25F3N4O2S/c1-14-11-29(13-28-14)19-4-5-20-23(33)31(15(2)7-8-30(20)22(19)32)12-18-10-16-9-17(24(25,26)27)3-6-21(16)34-18/h4-5,10-11,13,15,17H,3,6-9,12H2,1-2H3. The minimum absolute atomic E-state index is 0.00750. The van der Waals surface area contributed by atoms with Gasteiger partial charge in [-0.3, -0.25) is 9.59 Å². The van der Waals surface area contributed by atoms with Crippen LogP contribution in [0, 0.1) is 12.8 Å². The third-order valence-electron chi connectivity index (χ3n) is 6.85. The highest BCUT2D eigenvalue weighted by Gasteiger charge is 2.41. The number of thiophene rings is 1. The summed E-state index contributed by atoms with van der Waals surface area (Å²) in [6.07, 6.45) is 0.306. The molecule has 3 aromatic rings. The predicted octanol–water partition coefficient (Wildman–Crippen LogP) is 4.51. The molecule has 0 spiro atoms. The van der Waals surface area contributed by atoms with E-state index in [9.17, 15) is 22.8 Å². The van der Waals surface area contributed by atoms with Crippen LogP contribution in [0.2, 0.25) is 0 Å². The van der Waals surface area contributed by atoms with E-state index in [2.05, 4.69) is 4.98 Å². The molecular formula is C24H25F3N4O2S. The van der Waals surface area contributed by atoms with E-state index < -0.39 is 12.1 Å². The summed E-state index contributed by atoms with van der Waals surface area (Å²) in [5.41, 5.74) is 2.05. The van der Waals surface area contributed by atoms with Gasteiger partial charge in [0, 0.05) is 28.5 Å². The zero-order valence-electron chi connectivity index (χ0n) is 18.9. The summed E-state index contributed by atoms with van der Waals surface area (Å²) in [6, 6.07) is 5.03. The van der Waals surface area contributed by atoms with Gasteiger partial charge in [0.15, 0.2) is 0 Å². The van der Waals surface area contributed by atoms with E-state index in [1.165, 1.54) is 15.9 Å². The number of rotatable bonds is 3. The van der Waals surface area contributed by atoms with Gasteiger partial charge in [0.1, 0.15) is 11.4 Å². The lowest BCUT2D eigenvalue weighted by molar-refractivity contribution is -0.176. The number of halogens is 3. The van der Waals surface area contributed by atoms with Gasteiger partial charge in [-0.1, -0.05) is 0 Å². The van der Waals surface area contributed by atoms with Gasteiger partial charge in [-0.25, -0.2) is 4.98 Å². The molecule has 0 bridgehead atoms. The molecule has 3 aromatic heterocycles. The molecule has 2 atom stereocenters. The minimum Gasteiger partial charge on any atom is -0.329 e. The number of aromatic nitrogens is 3. The SMILES string of the molecule is Cc1cn(-c2ccc3n(c2=O)CCC(C)N(Cc2cc4c(s2)CCC(C(F)(F)F)C4)C3=O)cn1. The zero-order chi connectivity index (χ0) is 24.2. The Kier molecular flexibility index (Phi) is 5.66. The van der Waals surface area contributed by atoms with E-state index in [4.69, 9.17) is 0 Å². The van der Waals surface area contributed by atoms with Crippen LogP contribution >= 0.6 is 11.3 Å². The number of hydrogen-bond donors (Lipinski definition) is 0. The lowest BCUT2D eigenvalue weighted by Crippen LogP contribution is -2.37. The van der Waals surface area contributed by atoms with Crippen LogP contribution in [0.4, 0.5) is 13.2 Å². The Morgan fingerprint density at radius 3 is 2.71 bits per heavy atom. The largest absolute Gasteiger partial charge is 0.392 e. The summed E-state index contributed by atoms with van der Waals surface area (Å²) in [5, 5.41) is 0. The number of amides is 1. The minimum atomic E-state index is -4.18. The van der Waals surface area contributed by atoms with E-state index in [1.807, 2.05) is 19.9 Å². The summed E-state index contributed by atoms with van der Waals surface area (Å²) in [6.45, 7) is 4.52. The quantitative estimate of drug-likeness (QED) is 0.543. The third-order valence-corrected chi connectivity index (χ3v) is 8.07. The summed E-state index contributed by atoms with van der Waals surface area (Å²) >= 11 is 1.50. The van der Waals surface area contributed by atoms with E-state index in [0.29, 0.717) is 37.3 Å². The van der Waals surface area contributed by atoms with Crippen molar-refractivity contribution in [2.75, 3.05) is 0 Å². The maximum Gasteiger partial charge on any atom is 0.392 e. The molecule has 0 N–H and O–H groups in total. The monoisotopic (exact) mass is 490 g/mol. The van der Waals surface area contributed by atoms with Crippen molar-refractivity contribution < 1.29 is 18.0 Å². The van der Waals surface area contributed by atoms with Crippen molar-refractivity contribution in [2.24, 2.45) is 5.92 Å². The van der Waals surface area contributed by atoms with Gasteiger partial charge in [-0.05, 0) is 63.3 Å². The van der Waals surface area contributed by atoms with E-state index in [-0.39, 0.29) is 30.3 Å². The topological polar surface area (TPSA) is 60.1 Å². The number of alkyl halides is 3. The van der Waals surface area contributed by atoms with Crippen molar-refractivity contribution in [3.05, 3.63) is 67.8 Å². The van der Waals surface area contributed by atoms with Crippen LogP contribution in [0.15, 0.2) is 35.5 Å². The van der Waals surface area contributed by atoms with Gasteiger partial charge < -0.3 is 14.0 Å². The highest BCUT2D eigenvalue weighted by Crippen LogP contribution is 2.40. The van der Waals surface area contributed by atoms with Crippen molar-refractivity contribution >= 4 is 17.2 Å². The number of pyridine rings is 1. The molecule has 0 saturated heterocycles. The van der Waals surface area contributed by atoms with Gasteiger partial charge in [0.25, 0.3) is 11.5 Å². The Hall–Kier alpha value is -2.88. The van der Waals surface area contributed by atoms with Crippen LogP contribution in [0.25, 0.3) is 5.69 Å². The molecule has 180 valence electrons. The van der Waals surface area contributed by atoms with Crippen LogP contribution in [0.3, 0.4) is 0 Å². The van der Waals surface area contributed by atoms with Crippen molar-refractivity contribution in [1.82, 2.24) is 19.0 Å². The smallest absolute Gasteiger partial charge is 0.329 e. The molecule has 0 fully saturated rings. The molecule has 0 radical (unpaired) electrons. The van der Waals surface area contributed by atoms with Crippen LogP contribution in [-0.4, -0.2) is 37.1 Å². The first kappa shape index (κ1) is 22.9. The summed E-state index contributed by atoms with van der Waals surface area (Å²) < 4.78 is 42.8. The van der Waals surface area contributed by atoms with E-state index in [1.54, 1.807) is 34.1 Å². The van der Waals surface area contributed by atoms with Crippen molar-refractivity contribution in [3.8, 4) is 5.69 Å². The summed E-state index contributed by atoms with van der Waals surface area (Å²) in [5.74, 6) is -1.54. The zero-order valence-corrected chi connectivity index (χ0v) is 19.7. The number of aryl methyl sites for hydroxylation is 2. The molecule has 6 nitrogen and oxygen atoms in total. The maximum atomic E-state index is 13.5. The number of carbonyl (C=O) groups is 1.